The van der Waals surface area contributed by atoms with Crippen LogP contribution in [0.1, 0.15) is 31.4 Å². The highest BCUT2D eigenvalue weighted by Crippen LogP contribution is 2.34. The van der Waals surface area contributed by atoms with Gasteiger partial charge in [-0.15, -0.1) is 6.42 Å². The third kappa shape index (κ3) is 3.19. The van der Waals surface area contributed by atoms with Gasteiger partial charge in [-0.3, -0.25) is 5.32 Å². The number of nitrogens with one attached hydrogen (secondary N) is 1. The number of hydrogen-bond donors (Lipinski definition) is 2. The van der Waals surface area contributed by atoms with E-state index in [9.17, 15) is 0 Å². The molecule has 3 N–H and O–H groups in total. The molecule has 1 aliphatic rings. The van der Waals surface area contributed by atoms with Crippen molar-refractivity contribution in [3.8, 4) is 23.8 Å². The molecule has 2 rings (SSSR count). The maximum absolute atomic E-state index is 5.85. The smallest absolute Gasteiger partial charge is 0.231 e. The molecule has 2 atom stereocenters. The fraction of sp³-hybridized carbons (Fsp3) is 0.467. The van der Waals surface area contributed by atoms with E-state index in [2.05, 4.69) is 18.2 Å². The number of fused-ring (bicyclic) bond motifs is 1. The van der Waals surface area contributed by atoms with Crippen molar-refractivity contribution in [3.63, 3.8) is 0 Å². The molecule has 19 heavy (non-hydrogen) atoms. The van der Waals surface area contributed by atoms with Crippen LogP contribution in [-0.2, 0) is 0 Å². The summed E-state index contributed by atoms with van der Waals surface area (Å²) in [7, 11) is 0. The van der Waals surface area contributed by atoms with Gasteiger partial charge < -0.3 is 15.2 Å². The van der Waals surface area contributed by atoms with E-state index in [1.165, 1.54) is 0 Å². The van der Waals surface area contributed by atoms with Crippen molar-refractivity contribution in [2.45, 2.75) is 31.8 Å². The first-order valence-electron chi connectivity index (χ1n) is 6.60. The van der Waals surface area contributed by atoms with Crippen molar-refractivity contribution >= 4 is 0 Å². The quantitative estimate of drug-likeness (QED) is 0.766. The van der Waals surface area contributed by atoms with Crippen molar-refractivity contribution in [2.75, 3.05) is 13.3 Å². The van der Waals surface area contributed by atoms with Gasteiger partial charge in [0.25, 0.3) is 0 Å². The second kappa shape index (κ2) is 6.46. The van der Waals surface area contributed by atoms with Gasteiger partial charge in [-0.25, -0.2) is 0 Å². The number of ether oxygens (including phenoxy) is 2. The van der Waals surface area contributed by atoms with Crippen LogP contribution in [-0.4, -0.2) is 19.4 Å². The van der Waals surface area contributed by atoms with Crippen LogP contribution in [0.15, 0.2) is 18.2 Å². The van der Waals surface area contributed by atoms with E-state index >= 15 is 0 Å². The van der Waals surface area contributed by atoms with Gasteiger partial charge in [0, 0.05) is 12.6 Å². The molecule has 0 fully saturated rings. The Labute approximate surface area is 114 Å². The number of rotatable bonds is 6. The van der Waals surface area contributed by atoms with E-state index in [0.717, 1.165) is 29.9 Å². The molecule has 0 spiro atoms. The first-order valence-corrected chi connectivity index (χ1v) is 6.60. The van der Waals surface area contributed by atoms with E-state index in [4.69, 9.17) is 21.6 Å². The third-order valence-electron chi connectivity index (χ3n) is 3.22. The van der Waals surface area contributed by atoms with Crippen molar-refractivity contribution in [2.24, 2.45) is 5.73 Å². The zero-order valence-corrected chi connectivity index (χ0v) is 11.2. The number of benzene rings is 1. The van der Waals surface area contributed by atoms with Gasteiger partial charge in [0.2, 0.25) is 6.79 Å². The Kier molecular flexibility index (Phi) is 4.67. The number of nitrogens with two attached hydrogens (primary N) is 1. The lowest BCUT2D eigenvalue weighted by molar-refractivity contribution is 0.174. The van der Waals surface area contributed by atoms with E-state index < -0.39 is 0 Å². The highest BCUT2D eigenvalue weighted by atomic mass is 16.7. The summed E-state index contributed by atoms with van der Waals surface area (Å²) in [6.45, 7) is 2.88. The maximum Gasteiger partial charge on any atom is 0.231 e. The standard InChI is InChI=1S/C15H20N2O2/c1-3-5-12(4-2)17-13(9-16)11-6-7-14-15(8-11)19-10-18-14/h2,6-8,12-13,17H,3,5,9-10,16H2,1H3. The summed E-state index contributed by atoms with van der Waals surface area (Å²) in [5.41, 5.74) is 6.92. The van der Waals surface area contributed by atoms with Gasteiger partial charge in [-0.1, -0.05) is 25.3 Å². The summed E-state index contributed by atoms with van der Waals surface area (Å²) in [6, 6.07) is 5.95. The fourth-order valence-electron chi connectivity index (χ4n) is 2.18. The van der Waals surface area contributed by atoms with E-state index in [0.29, 0.717) is 6.54 Å². The first kappa shape index (κ1) is 13.7. The maximum atomic E-state index is 5.85. The lowest BCUT2D eigenvalue weighted by Gasteiger charge is -2.21. The molecule has 0 saturated carbocycles. The Morgan fingerprint density at radius 1 is 1.42 bits per heavy atom. The second-order valence-corrected chi connectivity index (χ2v) is 4.58. The molecule has 0 amide bonds. The molecule has 1 heterocycles. The molecule has 1 aliphatic heterocycles. The first-order chi connectivity index (χ1) is 9.28. The monoisotopic (exact) mass is 260 g/mol. The van der Waals surface area contributed by atoms with Crippen LogP contribution >= 0.6 is 0 Å². The summed E-state index contributed by atoms with van der Waals surface area (Å²) in [4.78, 5) is 0. The van der Waals surface area contributed by atoms with Crippen molar-refractivity contribution in [3.05, 3.63) is 23.8 Å². The van der Waals surface area contributed by atoms with E-state index in [1.807, 2.05) is 18.2 Å². The molecule has 4 nitrogen and oxygen atoms in total. The number of terminal acetylenes is 1. The van der Waals surface area contributed by atoms with Crippen LogP contribution in [0.2, 0.25) is 0 Å². The summed E-state index contributed by atoms with van der Waals surface area (Å²) in [6.07, 6.45) is 7.52. The second-order valence-electron chi connectivity index (χ2n) is 4.58. The minimum atomic E-state index is 0.0297. The number of hydrogen-bond acceptors (Lipinski definition) is 4. The zero-order valence-electron chi connectivity index (χ0n) is 11.2. The van der Waals surface area contributed by atoms with E-state index in [1.54, 1.807) is 0 Å². The van der Waals surface area contributed by atoms with Gasteiger partial charge in [-0.05, 0) is 24.1 Å². The Morgan fingerprint density at radius 3 is 2.89 bits per heavy atom. The van der Waals surface area contributed by atoms with Crippen LogP contribution in [0.3, 0.4) is 0 Å². The Bertz CT molecular complexity index is 468. The Balaban J connectivity index is 2.11. The van der Waals surface area contributed by atoms with Crippen molar-refractivity contribution in [1.29, 1.82) is 0 Å². The molecule has 0 aromatic heterocycles. The van der Waals surface area contributed by atoms with Gasteiger partial charge in [0.05, 0.1) is 6.04 Å². The largest absolute Gasteiger partial charge is 0.454 e. The molecule has 2 unspecified atom stereocenters. The molecule has 0 aliphatic carbocycles. The molecule has 1 aromatic rings. The SMILES string of the molecule is C#CC(CCC)NC(CN)c1ccc2c(c1)OCO2. The average molecular weight is 260 g/mol. The highest BCUT2D eigenvalue weighted by molar-refractivity contribution is 5.45. The summed E-state index contributed by atoms with van der Waals surface area (Å²) in [5, 5.41) is 3.40. The molecule has 0 radical (unpaired) electrons. The average Bonchev–Trinajstić information content (AvgIpc) is 2.90. The predicted octanol–water partition coefficient (Wildman–Crippen LogP) is 1.81. The van der Waals surface area contributed by atoms with Crippen LogP contribution < -0.4 is 20.5 Å². The molecule has 0 saturated heterocycles. The van der Waals surface area contributed by atoms with Crippen molar-refractivity contribution < 1.29 is 9.47 Å². The normalized spacial score (nSPS) is 15.8. The Morgan fingerprint density at radius 2 is 2.21 bits per heavy atom. The topological polar surface area (TPSA) is 56.5 Å². The van der Waals surface area contributed by atoms with Gasteiger partial charge in [0.15, 0.2) is 11.5 Å². The summed E-state index contributed by atoms with van der Waals surface area (Å²) >= 11 is 0. The highest BCUT2D eigenvalue weighted by Gasteiger charge is 2.18. The molecular formula is C15H20N2O2. The van der Waals surface area contributed by atoms with Crippen LogP contribution in [0.25, 0.3) is 0 Å². The van der Waals surface area contributed by atoms with Gasteiger partial charge >= 0.3 is 0 Å². The molecule has 0 bridgehead atoms. The molecule has 4 heteroatoms. The lowest BCUT2D eigenvalue weighted by atomic mass is 10.0. The summed E-state index contributed by atoms with van der Waals surface area (Å²) < 4.78 is 10.7. The van der Waals surface area contributed by atoms with Gasteiger partial charge in [0.1, 0.15) is 0 Å². The zero-order chi connectivity index (χ0) is 13.7. The van der Waals surface area contributed by atoms with Crippen LogP contribution in [0.5, 0.6) is 11.5 Å². The minimum absolute atomic E-state index is 0.0297. The van der Waals surface area contributed by atoms with Crippen molar-refractivity contribution in [1.82, 2.24) is 5.32 Å². The predicted molar refractivity (Wildman–Crippen MR) is 75.0 cm³/mol. The fourth-order valence-corrected chi connectivity index (χ4v) is 2.18. The molecular weight excluding hydrogens is 240 g/mol. The minimum Gasteiger partial charge on any atom is -0.454 e. The Hall–Kier alpha value is -1.70. The summed E-state index contributed by atoms with van der Waals surface area (Å²) in [5.74, 6) is 4.32. The van der Waals surface area contributed by atoms with Crippen LogP contribution in [0.4, 0.5) is 0 Å². The third-order valence-corrected chi connectivity index (χ3v) is 3.22. The molecule has 1 aromatic carbocycles. The molecule has 102 valence electrons. The van der Waals surface area contributed by atoms with Gasteiger partial charge in [-0.2, -0.15) is 0 Å². The lowest BCUT2D eigenvalue weighted by Crippen LogP contribution is -2.35. The van der Waals surface area contributed by atoms with Crippen LogP contribution in [0, 0.1) is 12.3 Å². The van der Waals surface area contributed by atoms with E-state index in [-0.39, 0.29) is 18.9 Å².